The van der Waals surface area contributed by atoms with Crippen LogP contribution in [-0.4, -0.2) is 39.5 Å². The molecule has 0 unspecified atom stereocenters. The molecular weight excluding hydrogens is 368 g/mol. The van der Waals surface area contributed by atoms with Gasteiger partial charge in [-0.05, 0) is 25.5 Å². The standard InChI is InChI=1S/C22H30N4O3/c1-24(17-12-8-3-4-9-13-17)15-18(27)19-20(23)26(22(29)25(2)21(19)28)14-16-10-6-5-7-11-16/h5-7,10-11,17H,3-4,8-9,12-15,23H2,1-2H3. The van der Waals surface area contributed by atoms with Crippen LogP contribution in [0.5, 0.6) is 0 Å². The molecule has 2 aromatic rings. The number of rotatable bonds is 6. The molecule has 0 atom stereocenters. The van der Waals surface area contributed by atoms with E-state index in [2.05, 4.69) is 0 Å². The Labute approximate surface area is 170 Å². The number of nitrogens with zero attached hydrogens (tertiary/aromatic N) is 3. The molecule has 1 aliphatic rings. The summed E-state index contributed by atoms with van der Waals surface area (Å²) in [6.07, 6.45) is 6.91. The smallest absolute Gasteiger partial charge is 0.332 e. The van der Waals surface area contributed by atoms with E-state index in [1.165, 1.54) is 24.5 Å². The fraction of sp³-hybridized carbons (Fsp3) is 0.500. The maximum atomic E-state index is 13.0. The largest absolute Gasteiger partial charge is 0.384 e. The minimum Gasteiger partial charge on any atom is -0.384 e. The number of nitrogen functional groups attached to an aromatic ring is 1. The maximum absolute atomic E-state index is 13.0. The van der Waals surface area contributed by atoms with Crippen molar-refractivity contribution in [3.63, 3.8) is 0 Å². The Morgan fingerprint density at radius 2 is 1.72 bits per heavy atom. The molecule has 1 aromatic heterocycles. The lowest BCUT2D eigenvalue weighted by molar-refractivity contribution is 0.0910. The topological polar surface area (TPSA) is 90.3 Å². The van der Waals surface area contributed by atoms with Gasteiger partial charge in [0, 0.05) is 13.1 Å². The molecule has 1 saturated carbocycles. The van der Waals surface area contributed by atoms with Crippen LogP contribution in [0.2, 0.25) is 0 Å². The molecule has 1 aromatic carbocycles. The molecule has 0 bridgehead atoms. The van der Waals surface area contributed by atoms with Crippen LogP contribution in [0.25, 0.3) is 0 Å². The molecule has 1 aliphatic carbocycles. The molecule has 7 nitrogen and oxygen atoms in total. The van der Waals surface area contributed by atoms with Crippen LogP contribution in [-0.2, 0) is 13.6 Å². The molecule has 3 rings (SSSR count). The van der Waals surface area contributed by atoms with Crippen LogP contribution in [0.3, 0.4) is 0 Å². The quantitative estimate of drug-likeness (QED) is 0.594. The fourth-order valence-electron chi connectivity index (χ4n) is 4.10. The number of hydrogen-bond donors (Lipinski definition) is 1. The molecule has 0 spiro atoms. The van der Waals surface area contributed by atoms with Gasteiger partial charge < -0.3 is 5.73 Å². The van der Waals surface area contributed by atoms with E-state index in [1.807, 2.05) is 42.3 Å². The maximum Gasteiger partial charge on any atom is 0.332 e. The van der Waals surface area contributed by atoms with Crippen molar-refractivity contribution in [2.75, 3.05) is 19.3 Å². The minimum atomic E-state index is -0.629. The van der Waals surface area contributed by atoms with Gasteiger partial charge in [0.05, 0.1) is 13.1 Å². The first kappa shape index (κ1) is 21.0. The number of carbonyl (C=O) groups excluding carboxylic acids is 1. The van der Waals surface area contributed by atoms with Gasteiger partial charge >= 0.3 is 5.69 Å². The van der Waals surface area contributed by atoms with Crippen molar-refractivity contribution in [2.24, 2.45) is 7.05 Å². The Morgan fingerprint density at radius 3 is 2.34 bits per heavy atom. The van der Waals surface area contributed by atoms with Crippen molar-refractivity contribution in [1.82, 2.24) is 14.0 Å². The second-order valence-electron chi connectivity index (χ2n) is 7.96. The molecule has 0 aliphatic heterocycles. The van der Waals surface area contributed by atoms with Gasteiger partial charge in [-0.1, -0.05) is 56.0 Å². The molecule has 7 heteroatoms. The van der Waals surface area contributed by atoms with E-state index in [4.69, 9.17) is 5.73 Å². The van der Waals surface area contributed by atoms with E-state index < -0.39 is 11.2 Å². The van der Waals surface area contributed by atoms with Gasteiger partial charge in [0.2, 0.25) is 0 Å². The van der Waals surface area contributed by atoms with Gasteiger partial charge in [-0.2, -0.15) is 0 Å². The van der Waals surface area contributed by atoms with Crippen LogP contribution in [0.1, 0.15) is 54.4 Å². The van der Waals surface area contributed by atoms with Gasteiger partial charge in [-0.15, -0.1) is 0 Å². The highest BCUT2D eigenvalue weighted by Gasteiger charge is 2.25. The summed E-state index contributed by atoms with van der Waals surface area (Å²) in [5.41, 5.74) is 5.82. The number of carbonyl (C=O) groups is 1. The number of Topliss-reactive ketones (excluding diaryl/α,β-unsaturated/α-hetero) is 1. The van der Waals surface area contributed by atoms with E-state index in [-0.39, 0.29) is 30.3 Å². The van der Waals surface area contributed by atoms with Crippen LogP contribution in [0.15, 0.2) is 39.9 Å². The number of nitrogens with two attached hydrogens (primary N) is 1. The van der Waals surface area contributed by atoms with Crippen molar-refractivity contribution in [3.8, 4) is 0 Å². The Bertz CT molecular complexity index is 970. The lowest BCUT2D eigenvalue weighted by Gasteiger charge is -2.26. The first-order valence-electron chi connectivity index (χ1n) is 10.3. The van der Waals surface area contributed by atoms with Crippen molar-refractivity contribution in [1.29, 1.82) is 0 Å². The lowest BCUT2D eigenvalue weighted by atomic mass is 10.1. The number of likely N-dealkylation sites (N-methyl/N-ethyl adjacent to an activating group) is 1. The average Bonchev–Trinajstić information content (AvgIpc) is 3.00. The molecule has 0 amide bonds. The van der Waals surface area contributed by atoms with Crippen LogP contribution in [0.4, 0.5) is 5.82 Å². The Morgan fingerprint density at radius 1 is 1.10 bits per heavy atom. The molecule has 1 fully saturated rings. The van der Waals surface area contributed by atoms with Crippen LogP contribution >= 0.6 is 0 Å². The van der Waals surface area contributed by atoms with Gasteiger partial charge in [-0.25, -0.2) is 4.79 Å². The highest BCUT2D eigenvalue weighted by Crippen LogP contribution is 2.21. The molecule has 0 saturated heterocycles. The zero-order valence-corrected chi connectivity index (χ0v) is 17.3. The Balaban J connectivity index is 1.90. The van der Waals surface area contributed by atoms with Gasteiger partial charge in [0.1, 0.15) is 11.4 Å². The first-order chi connectivity index (χ1) is 13.9. The first-order valence-corrected chi connectivity index (χ1v) is 10.3. The highest BCUT2D eigenvalue weighted by molar-refractivity contribution is 6.01. The third kappa shape index (κ3) is 4.67. The molecule has 1 heterocycles. The summed E-state index contributed by atoms with van der Waals surface area (Å²) in [4.78, 5) is 40.4. The third-order valence-corrected chi connectivity index (χ3v) is 5.89. The minimum absolute atomic E-state index is 0.0544. The number of aromatic nitrogens is 2. The van der Waals surface area contributed by atoms with E-state index >= 15 is 0 Å². The van der Waals surface area contributed by atoms with E-state index in [1.54, 1.807) is 0 Å². The summed E-state index contributed by atoms with van der Waals surface area (Å²) in [5.74, 6) is -0.391. The average molecular weight is 399 g/mol. The zero-order valence-electron chi connectivity index (χ0n) is 17.3. The highest BCUT2D eigenvalue weighted by atomic mass is 16.2. The van der Waals surface area contributed by atoms with Crippen molar-refractivity contribution < 1.29 is 4.79 Å². The molecule has 0 radical (unpaired) electrons. The monoisotopic (exact) mass is 398 g/mol. The number of hydrogen-bond acceptors (Lipinski definition) is 5. The molecule has 2 N–H and O–H groups in total. The Hall–Kier alpha value is -2.67. The lowest BCUT2D eigenvalue weighted by Crippen LogP contribution is -2.44. The second-order valence-corrected chi connectivity index (χ2v) is 7.96. The third-order valence-electron chi connectivity index (χ3n) is 5.89. The van der Waals surface area contributed by atoms with E-state index in [0.29, 0.717) is 6.04 Å². The van der Waals surface area contributed by atoms with Crippen LogP contribution in [0, 0.1) is 0 Å². The van der Waals surface area contributed by atoms with Crippen molar-refractivity contribution in [3.05, 3.63) is 62.3 Å². The van der Waals surface area contributed by atoms with Crippen molar-refractivity contribution in [2.45, 2.75) is 51.1 Å². The molecule has 156 valence electrons. The normalized spacial score (nSPS) is 15.4. The summed E-state index contributed by atoms with van der Waals surface area (Å²) in [5, 5.41) is 0. The summed E-state index contributed by atoms with van der Waals surface area (Å²) in [6, 6.07) is 9.70. The van der Waals surface area contributed by atoms with Gasteiger partial charge in [-0.3, -0.25) is 23.6 Å². The number of benzene rings is 1. The predicted octanol–water partition coefficient (Wildman–Crippen LogP) is 2.01. The summed E-state index contributed by atoms with van der Waals surface area (Å²) in [6.45, 7) is 0.325. The van der Waals surface area contributed by atoms with Gasteiger partial charge in [0.25, 0.3) is 5.56 Å². The molecule has 29 heavy (non-hydrogen) atoms. The number of ketones is 1. The van der Waals surface area contributed by atoms with E-state index in [0.717, 1.165) is 35.8 Å². The van der Waals surface area contributed by atoms with Gasteiger partial charge in [0.15, 0.2) is 5.78 Å². The molecular formula is C22H30N4O3. The predicted molar refractivity (Wildman–Crippen MR) is 114 cm³/mol. The SMILES string of the molecule is CN(CC(=O)c1c(N)n(Cc2ccccc2)c(=O)n(C)c1=O)C1CCCCCC1. The van der Waals surface area contributed by atoms with Crippen LogP contribution < -0.4 is 17.0 Å². The second kappa shape index (κ2) is 9.22. The summed E-state index contributed by atoms with van der Waals surface area (Å²) >= 11 is 0. The van der Waals surface area contributed by atoms with E-state index in [9.17, 15) is 14.4 Å². The zero-order chi connectivity index (χ0) is 21.0. The fourth-order valence-corrected chi connectivity index (χ4v) is 4.10. The summed E-state index contributed by atoms with van der Waals surface area (Å²) < 4.78 is 2.27. The summed E-state index contributed by atoms with van der Waals surface area (Å²) in [7, 11) is 3.31. The van der Waals surface area contributed by atoms with Crippen molar-refractivity contribution >= 4 is 11.6 Å². The Kier molecular flexibility index (Phi) is 6.69. The number of anilines is 1.